The number of aromatic nitrogens is 2. The van der Waals surface area contributed by atoms with Crippen LogP contribution >= 0.6 is 23.1 Å². The normalized spacial score (nSPS) is 11.5. The molecule has 0 spiro atoms. The van der Waals surface area contributed by atoms with Crippen LogP contribution in [-0.2, 0) is 22.3 Å². The van der Waals surface area contributed by atoms with Crippen molar-refractivity contribution in [3.05, 3.63) is 86.5 Å². The third kappa shape index (κ3) is 5.91. The van der Waals surface area contributed by atoms with Gasteiger partial charge >= 0.3 is 12.1 Å². The summed E-state index contributed by atoms with van der Waals surface area (Å²) in [7, 11) is 0. The molecule has 0 fully saturated rings. The molecule has 1 amide bonds. The third-order valence-electron chi connectivity index (χ3n) is 5.51. The minimum absolute atomic E-state index is 0.0698. The van der Waals surface area contributed by atoms with E-state index in [0.29, 0.717) is 5.56 Å². The van der Waals surface area contributed by atoms with Gasteiger partial charge in [-0.25, -0.2) is 4.98 Å². The van der Waals surface area contributed by atoms with Gasteiger partial charge in [-0.2, -0.15) is 13.2 Å². The number of para-hydroxylation sites is 1. The van der Waals surface area contributed by atoms with E-state index in [2.05, 4.69) is 10.3 Å². The van der Waals surface area contributed by atoms with E-state index >= 15 is 0 Å². The van der Waals surface area contributed by atoms with Crippen molar-refractivity contribution in [2.75, 3.05) is 17.7 Å². The minimum atomic E-state index is -4.66. The Morgan fingerprint density at radius 2 is 1.79 bits per heavy atom. The molecule has 0 atom stereocenters. The highest BCUT2D eigenvalue weighted by Crippen LogP contribution is 2.36. The highest BCUT2D eigenvalue weighted by molar-refractivity contribution is 7.99. The van der Waals surface area contributed by atoms with Crippen LogP contribution < -0.4 is 10.9 Å². The minimum Gasteiger partial charge on any atom is -0.465 e. The van der Waals surface area contributed by atoms with Gasteiger partial charge in [-0.1, -0.05) is 54.2 Å². The fraction of sp³-hybridized carbons (Fsp3) is 0.231. The molecule has 2 heterocycles. The molecule has 4 aromatic rings. The molecule has 0 radical (unpaired) electrons. The molecule has 0 aliphatic heterocycles. The average molecular weight is 562 g/mol. The van der Waals surface area contributed by atoms with Crippen LogP contribution in [0.25, 0.3) is 10.2 Å². The number of rotatable bonds is 8. The number of halogens is 3. The van der Waals surface area contributed by atoms with Gasteiger partial charge in [0.1, 0.15) is 4.83 Å². The van der Waals surface area contributed by atoms with Gasteiger partial charge in [-0.15, -0.1) is 11.3 Å². The largest absolute Gasteiger partial charge is 0.465 e. The number of nitrogens with one attached hydrogen (secondary N) is 1. The van der Waals surface area contributed by atoms with E-state index < -0.39 is 29.2 Å². The maximum absolute atomic E-state index is 13.6. The van der Waals surface area contributed by atoms with E-state index in [1.165, 1.54) is 22.8 Å². The first-order chi connectivity index (χ1) is 18.1. The number of anilines is 1. The molecule has 2 aromatic heterocycles. The first-order valence-corrected chi connectivity index (χ1v) is 13.2. The number of benzene rings is 2. The van der Waals surface area contributed by atoms with E-state index in [1.54, 1.807) is 13.8 Å². The molecule has 0 saturated carbocycles. The smallest absolute Gasteiger partial charge is 0.418 e. The molecular formula is C26H22F3N3O4S2. The molecule has 198 valence electrons. The predicted molar refractivity (Wildman–Crippen MR) is 141 cm³/mol. The zero-order valence-corrected chi connectivity index (χ0v) is 21.9. The van der Waals surface area contributed by atoms with Crippen molar-refractivity contribution < 1.29 is 27.5 Å². The molecular weight excluding hydrogens is 539 g/mol. The number of thiophene rings is 1. The number of alkyl halides is 3. The summed E-state index contributed by atoms with van der Waals surface area (Å²) in [6.07, 6.45) is -4.66. The molecule has 38 heavy (non-hydrogen) atoms. The van der Waals surface area contributed by atoms with E-state index in [1.807, 2.05) is 30.3 Å². The highest BCUT2D eigenvalue weighted by atomic mass is 32.2. The maximum atomic E-state index is 13.6. The Labute approximate surface area is 223 Å². The van der Waals surface area contributed by atoms with E-state index in [4.69, 9.17) is 4.74 Å². The summed E-state index contributed by atoms with van der Waals surface area (Å²) in [5, 5.41) is 2.78. The lowest BCUT2D eigenvalue weighted by molar-refractivity contribution is -0.140. The number of nitrogens with zero attached hydrogens (tertiary/aromatic N) is 2. The monoisotopic (exact) mass is 561 g/mol. The second-order valence-electron chi connectivity index (χ2n) is 8.10. The summed E-state index contributed by atoms with van der Waals surface area (Å²) in [6, 6.07) is 13.8. The molecule has 2 aromatic carbocycles. The molecule has 7 nitrogen and oxygen atoms in total. The van der Waals surface area contributed by atoms with Crippen molar-refractivity contribution in [3.8, 4) is 0 Å². The SMILES string of the molecule is CCOC(=O)CSc1nc2sc(C(=O)Nc3ccccc3C(F)(F)F)c(C)c2c(=O)n1Cc1ccccc1. The fourth-order valence-electron chi connectivity index (χ4n) is 3.77. The summed E-state index contributed by atoms with van der Waals surface area (Å²) in [4.78, 5) is 43.6. The number of esters is 1. The number of hydrogen-bond donors (Lipinski definition) is 1. The molecule has 12 heteroatoms. The Morgan fingerprint density at radius 3 is 2.47 bits per heavy atom. The van der Waals surface area contributed by atoms with Gasteiger partial charge in [0.2, 0.25) is 0 Å². The van der Waals surface area contributed by atoms with Gasteiger partial charge < -0.3 is 10.1 Å². The molecule has 0 aliphatic rings. The van der Waals surface area contributed by atoms with E-state index in [-0.39, 0.29) is 44.8 Å². The summed E-state index contributed by atoms with van der Waals surface area (Å²) in [5.74, 6) is -1.33. The topological polar surface area (TPSA) is 90.3 Å². The Bertz CT molecular complexity index is 1550. The van der Waals surface area contributed by atoms with Crippen LogP contribution in [-0.4, -0.2) is 33.8 Å². The van der Waals surface area contributed by atoms with Crippen molar-refractivity contribution >= 4 is 50.9 Å². The van der Waals surface area contributed by atoms with Crippen LogP contribution in [0, 0.1) is 6.92 Å². The van der Waals surface area contributed by atoms with Crippen molar-refractivity contribution in [2.45, 2.75) is 31.7 Å². The second-order valence-corrected chi connectivity index (χ2v) is 10.0. The van der Waals surface area contributed by atoms with Crippen molar-refractivity contribution in [1.82, 2.24) is 9.55 Å². The van der Waals surface area contributed by atoms with E-state index in [9.17, 15) is 27.6 Å². The fourth-order valence-corrected chi connectivity index (χ4v) is 5.69. The summed E-state index contributed by atoms with van der Waals surface area (Å²) in [6.45, 7) is 3.63. The molecule has 0 saturated heterocycles. The number of amides is 1. The molecule has 0 bridgehead atoms. The molecule has 1 N–H and O–H groups in total. The van der Waals surface area contributed by atoms with Crippen LogP contribution in [0.1, 0.15) is 33.3 Å². The zero-order valence-electron chi connectivity index (χ0n) is 20.3. The quantitative estimate of drug-likeness (QED) is 0.168. The number of carbonyl (C=O) groups is 2. The number of thioether (sulfide) groups is 1. The lowest BCUT2D eigenvalue weighted by atomic mass is 10.1. The van der Waals surface area contributed by atoms with E-state index in [0.717, 1.165) is 34.7 Å². The summed E-state index contributed by atoms with van der Waals surface area (Å²) >= 11 is 1.94. The van der Waals surface area contributed by atoms with Gasteiger partial charge in [-0.05, 0) is 37.1 Å². The van der Waals surface area contributed by atoms with Gasteiger partial charge in [0, 0.05) is 0 Å². The van der Waals surface area contributed by atoms with Gasteiger partial charge in [-0.3, -0.25) is 19.0 Å². The Morgan fingerprint density at radius 1 is 1.11 bits per heavy atom. The van der Waals surface area contributed by atoms with Crippen LogP contribution in [0.2, 0.25) is 0 Å². The average Bonchev–Trinajstić information content (AvgIpc) is 3.21. The number of carbonyl (C=O) groups excluding carboxylic acids is 2. The molecule has 0 aliphatic carbocycles. The second kappa shape index (κ2) is 11.4. The van der Waals surface area contributed by atoms with Gasteiger partial charge in [0.25, 0.3) is 11.5 Å². The van der Waals surface area contributed by atoms with Crippen molar-refractivity contribution in [2.24, 2.45) is 0 Å². The standard InChI is InChI=1S/C26H22F3N3O4S2/c1-3-36-19(33)14-37-25-31-23-20(24(35)32(25)13-16-9-5-4-6-10-16)15(2)21(38-23)22(34)30-18-12-8-7-11-17(18)26(27,28)29/h4-12H,3,13-14H2,1-2H3,(H,30,34). The van der Waals surface area contributed by atoms with Crippen LogP contribution in [0.3, 0.4) is 0 Å². The summed E-state index contributed by atoms with van der Waals surface area (Å²) < 4.78 is 46.6. The van der Waals surface area contributed by atoms with Gasteiger partial charge in [0.05, 0.1) is 40.4 Å². The molecule has 4 rings (SSSR count). The van der Waals surface area contributed by atoms with Gasteiger partial charge in [0.15, 0.2) is 5.16 Å². The van der Waals surface area contributed by atoms with Crippen LogP contribution in [0.15, 0.2) is 64.5 Å². The number of aryl methyl sites for hydroxylation is 1. The zero-order chi connectivity index (χ0) is 27.4. The number of fused-ring (bicyclic) bond motifs is 1. The first-order valence-electron chi connectivity index (χ1n) is 11.4. The van der Waals surface area contributed by atoms with Crippen molar-refractivity contribution in [3.63, 3.8) is 0 Å². The third-order valence-corrected chi connectivity index (χ3v) is 7.64. The predicted octanol–water partition coefficient (Wildman–Crippen LogP) is 5.74. The summed E-state index contributed by atoms with van der Waals surface area (Å²) in [5.41, 5.74) is -0.652. The lowest BCUT2D eigenvalue weighted by Gasteiger charge is -2.13. The highest BCUT2D eigenvalue weighted by Gasteiger charge is 2.34. The number of ether oxygens (including phenoxy) is 1. The maximum Gasteiger partial charge on any atom is 0.418 e. The van der Waals surface area contributed by atoms with Crippen LogP contribution in [0.5, 0.6) is 0 Å². The first kappa shape index (κ1) is 27.4. The molecule has 0 unspecified atom stereocenters. The van der Waals surface area contributed by atoms with Crippen molar-refractivity contribution in [1.29, 1.82) is 0 Å². The Kier molecular flexibility index (Phi) is 8.22. The Balaban J connectivity index is 1.76. The van der Waals surface area contributed by atoms with Crippen LogP contribution in [0.4, 0.5) is 18.9 Å². The Hall–Kier alpha value is -3.64. The number of hydrogen-bond acceptors (Lipinski definition) is 7. The lowest BCUT2D eigenvalue weighted by Crippen LogP contribution is -2.24.